The normalized spacial score (nSPS) is 8.00. The zero-order valence-electron chi connectivity index (χ0n) is 7.52. The molecule has 0 amide bonds. The predicted molar refractivity (Wildman–Crippen MR) is 49.8 cm³/mol. The van der Waals surface area contributed by atoms with Gasteiger partial charge in [0.2, 0.25) is 0 Å². The third-order valence-corrected chi connectivity index (χ3v) is 4.02. The Morgan fingerprint density at radius 3 is 1.30 bits per heavy atom. The molecule has 0 aliphatic rings. The Labute approximate surface area is 66.2 Å². The third kappa shape index (κ3) is 10.8. The van der Waals surface area contributed by atoms with E-state index in [1.54, 1.807) is 6.07 Å². The second-order valence-corrected chi connectivity index (χ2v) is 5.08. The van der Waals surface area contributed by atoms with Crippen LogP contribution in [0.15, 0.2) is 0 Å². The van der Waals surface area contributed by atoms with Crippen LogP contribution in [-0.2, 0) is 0 Å². The molecule has 0 aromatic rings. The fraction of sp³-hybridized carbons (Fsp3) is 0.875. The van der Waals surface area contributed by atoms with Crippen molar-refractivity contribution in [1.29, 1.82) is 5.26 Å². The predicted octanol–water partition coefficient (Wildman–Crippen LogP) is 3.06. The summed E-state index contributed by atoms with van der Waals surface area (Å²) >= 11 is 0. The lowest BCUT2D eigenvalue weighted by molar-refractivity contribution is 1.35. The van der Waals surface area contributed by atoms with Gasteiger partial charge in [-0.05, 0) is 18.5 Å². The van der Waals surface area contributed by atoms with Crippen LogP contribution in [0, 0.1) is 11.3 Å². The lowest BCUT2D eigenvalue weighted by atomic mass is 10.9. The van der Waals surface area contributed by atoms with Crippen molar-refractivity contribution in [1.82, 2.24) is 0 Å². The van der Waals surface area contributed by atoms with Gasteiger partial charge in [-0.1, -0.05) is 20.8 Å². The standard InChI is InChI=1S/C6H15P.C2H3N/c1-4-7(5-2)6-3;1-2-3/h4-6H2,1-3H3;1H3. The van der Waals surface area contributed by atoms with Crippen LogP contribution in [0.2, 0.25) is 0 Å². The zero-order valence-corrected chi connectivity index (χ0v) is 8.41. The highest BCUT2D eigenvalue weighted by atomic mass is 31.1. The Morgan fingerprint density at radius 2 is 1.30 bits per heavy atom. The minimum Gasteiger partial charge on any atom is -0.199 e. The first-order valence-electron chi connectivity index (χ1n) is 3.79. The first-order valence-corrected chi connectivity index (χ1v) is 5.69. The second kappa shape index (κ2) is 11.7. The van der Waals surface area contributed by atoms with Gasteiger partial charge in [-0.3, -0.25) is 0 Å². The minimum absolute atomic E-state index is 0.446. The molecule has 60 valence electrons. The van der Waals surface area contributed by atoms with Crippen molar-refractivity contribution in [3.05, 3.63) is 0 Å². The Bertz CT molecular complexity index is 76.2. The van der Waals surface area contributed by atoms with Gasteiger partial charge < -0.3 is 0 Å². The molecule has 0 atom stereocenters. The summed E-state index contributed by atoms with van der Waals surface area (Å²) in [6.45, 7) is 8.30. The molecule has 0 spiro atoms. The molecule has 0 saturated carbocycles. The molecule has 0 aliphatic carbocycles. The number of nitrogens with zero attached hydrogens (tertiary/aromatic N) is 1. The molecule has 0 aromatic heterocycles. The highest BCUT2D eigenvalue weighted by Crippen LogP contribution is 2.32. The Morgan fingerprint density at radius 1 is 1.10 bits per heavy atom. The lowest BCUT2D eigenvalue weighted by Gasteiger charge is -2.07. The Kier molecular flexibility index (Phi) is 14.7. The maximum atomic E-state index is 7.32. The van der Waals surface area contributed by atoms with Crippen molar-refractivity contribution in [2.45, 2.75) is 27.7 Å². The molecule has 0 aromatic carbocycles. The summed E-state index contributed by atoms with van der Waals surface area (Å²) < 4.78 is 0. The van der Waals surface area contributed by atoms with Crippen LogP contribution in [0.1, 0.15) is 27.7 Å². The second-order valence-electron chi connectivity index (χ2n) is 1.84. The minimum atomic E-state index is 0.446. The van der Waals surface area contributed by atoms with E-state index < -0.39 is 0 Å². The monoisotopic (exact) mass is 159 g/mol. The number of nitriles is 1. The summed E-state index contributed by atoms with van der Waals surface area (Å²) in [4.78, 5) is 0. The molecule has 0 aliphatic heterocycles. The summed E-state index contributed by atoms with van der Waals surface area (Å²) in [5.74, 6) is 0. The van der Waals surface area contributed by atoms with E-state index in [-0.39, 0.29) is 0 Å². The molecule has 0 radical (unpaired) electrons. The van der Waals surface area contributed by atoms with Crippen LogP contribution in [0.5, 0.6) is 0 Å². The van der Waals surface area contributed by atoms with Crippen LogP contribution in [-0.4, -0.2) is 18.5 Å². The lowest BCUT2D eigenvalue weighted by Crippen LogP contribution is -1.83. The van der Waals surface area contributed by atoms with E-state index >= 15 is 0 Å². The summed E-state index contributed by atoms with van der Waals surface area (Å²) in [5, 5.41) is 7.32. The molecule has 0 saturated heterocycles. The molecular formula is C8H18NP. The molecule has 1 nitrogen and oxygen atoms in total. The van der Waals surface area contributed by atoms with Gasteiger partial charge in [0.1, 0.15) is 0 Å². The van der Waals surface area contributed by atoms with Crippen molar-refractivity contribution < 1.29 is 0 Å². The first-order chi connectivity index (χ1) is 4.76. The summed E-state index contributed by atoms with van der Waals surface area (Å²) in [6.07, 6.45) is 4.26. The van der Waals surface area contributed by atoms with Gasteiger partial charge in [0.15, 0.2) is 0 Å². The highest BCUT2D eigenvalue weighted by Gasteiger charge is 1.94. The molecule has 0 fully saturated rings. The highest BCUT2D eigenvalue weighted by molar-refractivity contribution is 7.57. The van der Waals surface area contributed by atoms with E-state index in [0.717, 1.165) is 0 Å². The third-order valence-electron chi connectivity index (χ3n) is 1.34. The van der Waals surface area contributed by atoms with Crippen molar-refractivity contribution in [3.8, 4) is 6.07 Å². The van der Waals surface area contributed by atoms with E-state index in [4.69, 9.17) is 5.26 Å². The Hall–Kier alpha value is -0.0800. The van der Waals surface area contributed by atoms with Gasteiger partial charge >= 0.3 is 0 Å². The molecule has 0 bridgehead atoms. The van der Waals surface area contributed by atoms with Crippen LogP contribution in [0.25, 0.3) is 0 Å². The van der Waals surface area contributed by atoms with E-state index in [2.05, 4.69) is 20.8 Å². The van der Waals surface area contributed by atoms with Gasteiger partial charge in [0, 0.05) is 6.92 Å². The molecular weight excluding hydrogens is 141 g/mol. The van der Waals surface area contributed by atoms with Crippen LogP contribution in [0.3, 0.4) is 0 Å². The van der Waals surface area contributed by atoms with Crippen molar-refractivity contribution >= 4 is 7.92 Å². The first kappa shape index (κ1) is 12.6. The van der Waals surface area contributed by atoms with Crippen LogP contribution >= 0.6 is 7.92 Å². The number of hydrogen-bond donors (Lipinski definition) is 0. The van der Waals surface area contributed by atoms with Crippen molar-refractivity contribution in [2.24, 2.45) is 0 Å². The maximum absolute atomic E-state index is 7.32. The van der Waals surface area contributed by atoms with E-state index in [1.165, 1.54) is 25.4 Å². The average molecular weight is 159 g/mol. The summed E-state index contributed by atoms with van der Waals surface area (Å²) in [6, 6.07) is 1.75. The quantitative estimate of drug-likeness (QED) is 0.580. The van der Waals surface area contributed by atoms with Gasteiger partial charge in [-0.2, -0.15) is 5.26 Å². The van der Waals surface area contributed by atoms with Crippen molar-refractivity contribution in [3.63, 3.8) is 0 Å². The molecule has 0 unspecified atom stereocenters. The van der Waals surface area contributed by atoms with Gasteiger partial charge in [0.25, 0.3) is 0 Å². The number of rotatable bonds is 3. The topological polar surface area (TPSA) is 23.8 Å². The van der Waals surface area contributed by atoms with Crippen molar-refractivity contribution in [2.75, 3.05) is 18.5 Å². The van der Waals surface area contributed by atoms with Crippen LogP contribution in [0.4, 0.5) is 0 Å². The zero-order chi connectivity index (χ0) is 8.41. The molecule has 0 N–H and O–H groups in total. The Balaban J connectivity index is 0. The number of hydrogen-bond acceptors (Lipinski definition) is 1. The SMILES string of the molecule is CC#N.CCP(CC)CC. The van der Waals surface area contributed by atoms with Gasteiger partial charge in [-0.25, -0.2) is 0 Å². The van der Waals surface area contributed by atoms with Gasteiger partial charge in [0.05, 0.1) is 6.07 Å². The molecule has 10 heavy (non-hydrogen) atoms. The fourth-order valence-corrected chi connectivity index (χ4v) is 2.01. The summed E-state index contributed by atoms with van der Waals surface area (Å²) in [5.41, 5.74) is 0. The molecule has 0 heterocycles. The smallest absolute Gasteiger partial charge is 0.0587 e. The molecule has 2 heteroatoms. The summed E-state index contributed by atoms with van der Waals surface area (Å²) in [7, 11) is 0.446. The average Bonchev–Trinajstić information content (AvgIpc) is 1.93. The molecule has 0 rings (SSSR count). The fourth-order valence-electron chi connectivity index (χ4n) is 0.671. The van der Waals surface area contributed by atoms with Gasteiger partial charge in [-0.15, -0.1) is 7.92 Å². The van der Waals surface area contributed by atoms with Crippen LogP contribution < -0.4 is 0 Å². The van der Waals surface area contributed by atoms with E-state index in [0.29, 0.717) is 7.92 Å². The van der Waals surface area contributed by atoms with E-state index in [9.17, 15) is 0 Å². The largest absolute Gasteiger partial charge is 0.199 e. The van der Waals surface area contributed by atoms with E-state index in [1.807, 2.05) is 0 Å². The maximum Gasteiger partial charge on any atom is 0.0587 e.